The summed E-state index contributed by atoms with van der Waals surface area (Å²) < 4.78 is 5.20. The van der Waals surface area contributed by atoms with E-state index in [9.17, 15) is 9.59 Å². The van der Waals surface area contributed by atoms with Gasteiger partial charge in [0.2, 0.25) is 5.91 Å². The summed E-state index contributed by atoms with van der Waals surface area (Å²) in [6, 6.07) is -0.340. The van der Waals surface area contributed by atoms with E-state index in [0.29, 0.717) is 26.2 Å². The van der Waals surface area contributed by atoms with Crippen LogP contribution in [0.2, 0.25) is 0 Å². The van der Waals surface area contributed by atoms with Crippen molar-refractivity contribution in [2.45, 2.75) is 38.3 Å². The van der Waals surface area contributed by atoms with Crippen LogP contribution in [0.15, 0.2) is 0 Å². The van der Waals surface area contributed by atoms with E-state index >= 15 is 0 Å². The summed E-state index contributed by atoms with van der Waals surface area (Å²) in [5.41, 5.74) is -0.519. The summed E-state index contributed by atoms with van der Waals surface area (Å²) in [4.78, 5) is 22.3. The van der Waals surface area contributed by atoms with E-state index in [4.69, 9.17) is 9.84 Å². The van der Waals surface area contributed by atoms with Crippen LogP contribution in [0.1, 0.15) is 26.7 Å². The van der Waals surface area contributed by atoms with Crippen molar-refractivity contribution in [2.24, 2.45) is 0 Å². The van der Waals surface area contributed by atoms with E-state index < -0.39 is 11.5 Å². The van der Waals surface area contributed by atoms with E-state index in [2.05, 4.69) is 10.6 Å². The van der Waals surface area contributed by atoms with Gasteiger partial charge in [0.15, 0.2) is 0 Å². The molecule has 0 saturated carbocycles. The molecular formula is C11H20N2O4. The molecule has 0 bridgehead atoms. The maximum absolute atomic E-state index is 11.9. The number of hydrogen-bond acceptors (Lipinski definition) is 4. The Kier molecular flexibility index (Phi) is 4.89. The van der Waals surface area contributed by atoms with Gasteiger partial charge in [0.25, 0.3) is 0 Å². The number of carbonyl (C=O) groups excluding carboxylic acids is 1. The van der Waals surface area contributed by atoms with Gasteiger partial charge in [-0.2, -0.15) is 0 Å². The first-order valence-corrected chi connectivity index (χ1v) is 5.76. The summed E-state index contributed by atoms with van der Waals surface area (Å²) in [6.07, 6.45) is 0.448. The molecule has 1 atom stereocenters. The highest BCUT2D eigenvalue weighted by Gasteiger charge is 2.27. The van der Waals surface area contributed by atoms with Crippen LogP contribution in [-0.2, 0) is 14.3 Å². The molecule has 3 N–H and O–H groups in total. The molecule has 1 fully saturated rings. The number of hydrogen-bond donors (Lipinski definition) is 3. The molecule has 6 nitrogen and oxygen atoms in total. The van der Waals surface area contributed by atoms with Gasteiger partial charge in [-0.15, -0.1) is 0 Å². The minimum atomic E-state index is -0.855. The number of carboxylic acid groups (broad SMARTS) is 1. The van der Waals surface area contributed by atoms with Crippen molar-refractivity contribution in [3.8, 4) is 0 Å². The van der Waals surface area contributed by atoms with Gasteiger partial charge in [-0.05, 0) is 20.3 Å². The molecule has 1 amide bonds. The normalized spacial score (nSPS) is 20.9. The average molecular weight is 244 g/mol. The quantitative estimate of drug-likeness (QED) is 0.620. The zero-order chi connectivity index (χ0) is 12.9. The second-order valence-corrected chi connectivity index (χ2v) is 4.85. The fraction of sp³-hybridized carbons (Fsp3) is 0.818. The molecule has 0 aliphatic carbocycles. The molecule has 0 aromatic rings. The highest BCUT2D eigenvalue weighted by molar-refractivity contribution is 5.82. The number of amides is 1. The molecule has 1 rings (SSSR count). The highest BCUT2D eigenvalue weighted by Crippen LogP contribution is 2.11. The maximum atomic E-state index is 11.9. The van der Waals surface area contributed by atoms with Crippen molar-refractivity contribution in [1.82, 2.24) is 10.6 Å². The first-order chi connectivity index (χ1) is 7.91. The van der Waals surface area contributed by atoms with Crippen LogP contribution in [0.25, 0.3) is 0 Å². The zero-order valence-electron chi connectivity index (χ0n) is 10.3. The van der Waals surface area contributed by atoms with E-state index in [1.807, 2.05) is 13.8 Å². The summed E-state index contributed by atoms with van der Waals surface area (Å²) in [5, 5.41) is 14.5. The van der Waals surface area contributed by atoms with Crippen LogP contribution in [0.5, 0.6) is 0 Å². The largest absolute Gasteiger partial charge is 0.481 e. The third-order valence-electron chi connectivity index (χ3n) is 2.66. The molecule has 1 heterocycles. The Morgan fingerprint density at radius 1 is 1.53 bits per heavy atom. The number of rotatable bonds is 5. The molecule has 1 saturated heterocycles. The van der Waals surface area contributed by atoms with Gasteiger partial charge in [0.1, 0.15) is 6.04 Å². The van der Waals surface area contributed by atoms with Crippen LogP contribution in [0, 0.1) is 0 Å². The van der Waals surface area contributed by atoms with Crippen molar-refractivity contribution < 1.29 is 19.4 Å². The van der Waals surface area contributed by atoms with Gasteiger partial charge < -0.3 is 20.5 Å². The molecule has 98 valence electrons. The van der Waals surface area contributed by atoms with Gasteiger partial charge in [0, 0.05) is 18.5 Å². The third kappa shape index (κ3) is 5.14. The van der Waals surface area contributed by atoms with Crippen LogP contribution in [0.3, 0.4) is 0 Å². The molecular weight excluding hydrogens is 224 g/mol. The van der Waals surface area contributed by atoms with Crippen molar-refractivity contribution in [3.63, 3.8) is 0 Å². The van der Waals surface area contributed by atoms with Crippen molar-refractivity contribution in [2.75, 3.05) is 19.8 Å². The van der Waals surface area contributed by atoms with E-state index in [1.165, 1.54) is 0 Å². The van der Waals surface area contributed by atoms with E-state index in [0.717, 1.165) is 0 Å². The lowest BCUT2D eigenvalue weighted by atomic mass is 9.98. The maximum Gasteiger partial charge on any atom is 0.303 e. The van der Waals surface area contributed by atoms with Gasteiger partial charge in [-0.1, -0.05) is 0 Å². The zero-order valence-corrected chi connectivity index (χ0v) is 10.3. The van der Waals surface area contributed by atoms with Crippen molar-refractivity contribution in [1.29, 1.82) is 0 Å². The molecule has 1 aliphatic heterocycles. The Balaban J connectivity index is 2.39. The monoisotopic (exact) mass is 244 g/mol. The smallest absolute Gasteiger partial charge is 0.303 e. The van der Waals surface area contributed by atoms with Gasteiger partial charge >= 0.3 is 5.97 Å². The third-order valence-corrected chi connectivity index (χ3v) is 2.66. The lowest BCUT2D eigenvalue weighted by Crippen LogP contribution is -2.56. The molecule has 0 radical (unpaired) electrons. The predicted molar refractivity (Wildman–Crippen MR) is 61.7 cm³/mol. The number of nitrogens with one attached hydrogen (secondary N) is 2. The number of carbonyl (C=O) groups is 2. The number of morpholine rings is 1. The highest BCUT2D eigenvalue weighted by atomic mass is 16.5. The Bertz CT molecular complexity index is 285. The van der Waals surface area contributed by atoms with Gasteiger partial charge in [0.05, 0.1) is 13.2 Å². The first kappa shape index (κ1) is 13.9. The SMILES string of the molecule is CC(C)(CCC(=O)O)NC(=O)C1COCCN1. The first-order valence-electron chi connectivity index (χ1n) is 5.76. The fourth-order valence-electron chi connectivity index (χ4n) is 1.64. The van der Waals surface area contributed by atoms with Crippen molar-refractivity contribution >= 4 is 11.9 Å². The standard InChI is InChI=1S/C11H20N2O4/c1-11(2,4-3-9(14)15)13-10(16)8-7-17-6-5-12-8/h8,12H,3-7H2,1-2H3,(H,13,16)(H,14,15). The number of aliphatic carboxylic acids is 1. The number of ether oxygens (including phenoxy) is 1. The van der Waals surface area contributed by atoms with Crippen LogP contribution >= 0.6 is 0 Å². The molecule has 0 aromatic carbocycles. The summed E-state index contributed by atoms with van der Waals surface area (Å²) in [7, 11) is 0. The Morgan fingerprint density at radius 3 is 2.76 bits per heavy atom. The number of carboxylic acids is 1. The predicted octanol–water partition coefficient (Wildman–Crippen LogP) is -0.266. The minimum absolute atomic E-state index is 0.0435. The Morgan fingerprint density at radius 2 is 2.24 bits per heavy atom. The molecule has 17 heavy (non-hydrogen) atoms. The fourth-order valence-corrected chi connectivity index (χ4v) is 1.64. The Hall–Kier alpha value is -1.14. The van der Waals surface area contributed by atoms with Gasteiger partial charge in [-0.3, -0.25) is 9.59 Å². The second kappa shape index (κ2) is 5.97. The molecule has 6 heteroatoms. The minimum Gasteiger partial charge on any atom is -0.481 e. The molecule has 1 unspecified atom stereocenters. The lowest BCUT2D eigenvalue weighted by molar-refractivity contribution is -0.138. The average Bonchev–Trinajstić information content (AvgIpc) is 2.27. The summed E-state index contributed by atoms with van der Waals surface area (Å²) in [6.45, 7) is 5.27. The Labute approximate surface area is 101 Å². The van der Waals surface area contributed by atoms with Gasteiger partial charge in [-0.25, -0.2) is 0 Å². The summed E-state index contributed by atoms with van der Waals surface area (Å²) in [5.74, 6) is -0.994. The van der Waals surface area contributed by atoms with Crippen LogP contribution < -0.4 is 10.6 Å². The van der Waals surface area contributed by atoms with Crippen LogP contribution in [-0.4, -0.2) is 48.3 Å². The summed E-state index contributed by atoms with van der Waals surface area (Å²) >= 11 is 0. The topological polar surface area (TPSA) is 87.7 Å². The van der Waals surface area contributed by atoms with E-state index in [1.54, 1.807) is 0 Å². The van der Waals surface area contributed by atoms with Crippen molar-refractivity contribution in [3.05, 3.63) is 0 Å². The van der Waals surface area contributed by atoms with Crippen LogP contribution in [0.4, 0.5) is 0 Å². The molecule has 0 aromatic heterocycles. The lowest BCUT2D eigenvalue weighted by Gasteiger charge is -2.30. The van der Waals surface area contributed by atoms with E-state index in [-0.39, 0.29) is 18.4 Å². The molecule has 0 spiro atoms. The second-order valence-electron chi connectivity index (χ2n) is 4.85. The molecule has 1 aliphatic rings.